The number of hydrogen-bond acceptors (Lipinski definition) is 3. The van der Waals surface area contributed by atoms with Crippen LogP contribution in [0.1, 0.15) is 24.2 Å². The summed E-state index contributed by atoms with van der Waals surface area (Å²) in [6.45, 7) is 2.65. The maximum absolute atomic E-state index is 9.74. The summed E-state index contributed by atoms with van der Waals surface area (Å²) in [4.78, 5) is 4.30. The Morgan fingerprint density at radius 2 is 2.17 bits per heavy atom. The molecule has 0 saturated heterocycles. The molecule has 0 spiro atoms. The Morgan fingerprint density at radius 3 is 2.89 bits per heavy atom. The number of rotatable bonds is 4. The molecule has 1 aromatic heterocycles. The summed E-state index contributed by atoms with van der Waals surface area (Å²) in [6.07, 6.45) is 1.78. The Morgan fingerprint density at radius 1 is 1.33 bits per heavy atom. The molecule has 0 aliphatic carbocycles. The van der Waals surface area contributed by atoms with Crippen LogP contribution in [0, 0.1) is 0 Å². The normalized spacial score (nSPS) is 12.3. The third kappa shape index (κ3) is 3.31. The lowest BCUT2D eigenvalue weighted by Crippen LogP contribution is -2.19. The van der Waals surface area contributed by atoms with E-state index in [-0.39, 0.29) is 6.04 Å². The summed E-state index contributed by atoms with van der Waals surface area (Å²) in [5.41, 5.74) is 1.86. The number of nitrogens with one attached hydrogen (secondary N) is 1. The van der Waals surface area contributed by atoms with Gasteiger partial charge in [-0.1, -0.05) is 22.0 Å². The molecule has 0 fully saturated rings. The van der Waals surface area contributed by atoms with E-state index in [2.05, 4.69) is 33.2 Å². The van der Waals surface area contributed by atoms with Crippen LogP contribution < -0.4 is 5.32 Å². The first-order valence-corrected chi connectivity index (χ1v) is 6.58. The fraction of sp³-hybridized carbons (Fsp3) is 0.214. The molecule has 1 aromatic carbocycles. The molecule has 0 aliphatic rings. The van der Waals surface area contributed by atoms with Gasteiger partial charge in [0.2, 0.25) is 0 Å². The van der Waals surface area contributed by atoms with Crippen molar-refractivity contribution in [2.75, 3.05) is 0 Å². The first kappa shape index (κ1) is 13.1. The van der Waals surface area contributed by atoms with Crippen molar-refractivity contribution in [3.63, 3.8) is 0 Å². The molecule has 2 rings (SSSR count). The van der Waals surface area contributed by atoms with E-state index in [0.29, 0.717) is 12.3 Å². The highest BCUT2D eigenvalue weighted by Crippen LogP contribution is 2.22. The zero-order chi connectivity index (χ0) is 13.0. The first-order chi connectivity index (χ1) is 8.66. The Labute approximate surface area is 115 Å². The Kier molecular flexibility index (Phi) is 4.33. The minimum atomic E-state index is 0.143. The fourth-order valence-corrected chi connectivity index (χ4v) is 2.10. The van der Waals surface area contributed by atoms with Crippen LogP contribution in [0.3, 0.4) is 0 Å². The average Bonchev–Trinajstić information content (AvgIpc) is 2.40. The largest absolute Gasteiger partial charge is 0.508 e. The van der Waals surface area contributed by atoms with E-state index in [9.17, 15) is 5.11 Å². The molecule has 0 saturated carbocycles. The Hall–Kier alpha value is -1.39. The second-order valence-corrected chi connectivity index (χ2v) is 5.05. The lowest BCUT2D eigenvalue weighted by Gasteiger charge is -2.14. The van der Waals surface area contributed by atoms with Crippen molar-refractivity contribution in [2.45, 2.75) is 19.5 Å². The van der Waals surface area contributed by atoms with Gasteiger partial charge in [0.25, 0.3) is 0 Å². The third-order valence-corrected chi connectivity index (χ3v) is 3.26. The molecule has 3 nitrogen and oxygen atoms in total. The van der Waals surface area contributed by atoms with Crippen LogP contribution >= 0.6 is 15.9 Å². The van der Waals surface area contributed by atoms with Gasteiger partial charge in [-0.05, 0) is 37.3 Å². The van der Waals surface area contributed by atoms with Crippen LogP contribution in [0.25, 0.3) is 0 Å². The van der Waals surface area contributed by atoms with Gasteiger partial charge in [-0.25, -0.2) is 0 Å². The number of hydrogen-bond donors (Lipinski definition) is 2. The standard InChI is InChI=1S/C14H15BrN2O/c1-10(13-4-2-3-7-16-13)17-9-11-8-12(15)5-6-14(11)18/h2-8,10,17-18H,9H2,1H3/t10-/m1/s1. The minimum Gasteiger partial charge on any atom is -0.508 e. The maximum atomic E-state index is 9.74. The van der Waals surface area contributed by atoms with E-state index in [1.807, 2.05) is 30.3 Å². The molecule has 0 unspecified atom stereocenters. The molecule has 1 atom stereocenters. The molecule has 0 radical (unpaired) electrons. The van der Waals surface area contributed by atoms with Crippen molar-refractivity contribution in [2.24, 2.45) is 0 Å². The topological polar surface area (TPSA) is 45.1 Å². The minimum absolute atomic E-state index is 0.143. The number of halogens is 1. The van der Waals surface area contributed by atoms with Gasteiger partial charge >= 0.3 is 0 Å². The van der Waals surface area contributed by atoms with Crippen molar-refractivity contribution in [3.8, 4) is 5.75 Å². The maximum Gasteiger partial charge on any atom is 0.120 e. The number of pyridine rings is 1. The number of aromatic hydroxyl groups is 1. The van der Waals surface area contributed by atoms with Crippen molar-refractivity contribution < 1.29 is 5.11 Å². The molecule has 1 heterocycles. The molecule has 18 heavy (non-hydrogen) atoms. The van der Waals surface area contributed by atoms with Crippen molar-refractivity contribution in [1.82, 2.24) is 10.3 Å². The van der Waals surface area contributed by atoms with Crippen LogP contribution in [0.15, 0.2) is 47.1 Å². The van der Waals surface area contributed by atoms with Gasteiger partial charge in [0.1, 0.15) is 5.75 Å². The highest BCUT2D eigenvalue weighted by molar-refractivity contribution is 9.10. The van der Waals surface area contributed by atoms with Gasteiger partial charge in [0, 0.05) is 28.8 Å². The summed E-state index contributed by atoms with van der Waals surface area (Å²) in [5.74, 6) is 0.305. The van der Waals surface area contributed by atoms with E-state index < -0.39 is 0 Å². The van der Waals surface area contributed by atoms with Crippen LogP contribution in [0.5, 0.6) is 5.75 Å². The van der Waals surface area contributed by atoms with Gasteiger partial charge in [-0.2, -0.15) is 0 Å². The number of aromatic nitrogens is 1. The van der Waals surface area contributed by atoms with Crippen molar-refractivity contribution in [3.05, 3.63) is 58.3 Å². The highest BCUT2D eigenvalue weighted by Gasteiger charge is 2.07. The van der Waals surface area contributed by atoms with E-state index in [0.717, 1.165) is 15.7 Å². The Balaban J connectivity index is 2.01. The number of nitrogens with zero attached hydrogens (tertiary/aromatic N) is 1. The Bertz CT molecular complexity index is 516. The zero-order valence-corrected chi connectivity index (χ0v) is 11.7. The molecule has 2 aromatic rings. The number of benzene rings is 1. The van der Waals surface area contributed by atoms with Crippen molar-refractivity contribution >= 4 is 15.9 Å². The SMILES string of the molecule is C[C@@H](NCc1cc(Br)ccc1O)c1ccccn1. The van der Waals surface area contributed by atoms with Gasteiger partial charge in [0.05, 0.1) is 5.69 Å². The summed E-state index contributed by atoms with van der Waals surface area (Å²) in [6, 6.07) is 11.4. The summed E-state index contributed by atoms with van der Waals surface area (Å²) < 4.78 is 0.961. The van der Waals surface area contributed by atoms with Crippen molar-refractivity contribution in [1.29, 1.82) is 0 Å². The molecule has 0 bridgehead atoms. The molecule has 0 aliphatic heterocycles. The smallest absolute Gasteiger partial charge is 0.120 e. The monoisotopic (exact) mass is 306 g/mol. The third-order valence-electron chi connectivity index (χ3n) is 2.77. The van der Waals surface area contributed by atoms with Crippen LogP contribution in [0.4, 0.5) is 0 Å². The molecular formula is C14H15BrN2O. The predicted molar refractivity (Wildman–Crippen MR) is 75.3 cm³/mol. The molecule has 4 heteroatoms. The lowest BCUT2D eigenvalue weighted by atomic mass is 10.1. The van der Waals surface area contributed by atoms with E-state index >= 15 is 0 Å². The lowest BCUT2D eigenvalue weighted by molar-refractivity contribution is 0.459. The second kappa shape index (κ2) is 5.98. The zero-order valence-electron chi connectivity index (χ0n) is 10.1. The number of phenolic OH excluding ortho intramolecular Hbond substituents is 1. The van der Waals surface area contributed by atoms with Gasteiger partial charge in [0.15, 0.2) is 0 Å². The van der Waals surface area contributed by atoms with Crippen LogP contribution in [-0.4, -0.2) is 10.1 Å². The molecule has 2 N–H and O–H groups in total. The quantitative estimate of drug-likeness (QED) is 0.910. The van der Waals surface area contributed by atoms with Crippen LogP contribution in [-0.2, 0) is 6.54 Å². The first-order valence-electron chi connectivity index (χ1n) is 5.78. The molecular weight excluding hydrogens is 292 g/mol. The molecule has 94 valence electrons. The average molecular weight is 307 g/mol. The van der Waals surface area contributed by atoms with Gasteiger partial charge in [-0.3, -0.25) is 4.98 Å². The summed E-state index contributed by atoms with van der Waals surface area (Å²) in [7, 11) is 0. The van der Waals surface area contributed by atoms with Gasteiger partial charge in [-0.15, -0.1) is 0 Å². The predicted octanol–water partition coefficient (Wildman–Crippen LogP) is 3.40. The summed E-state index contributed by atoms with van der Waals surface area (Å²) >= 11 is 3.40. The van der Waals surface area contributed by atoms with Gasteiger partial charge < -0.3 is 10.4 Å². The fourth-order valence-electron chi connectivity index (χ4n) is 1.70. The van der Waals surface area contributed by atoms with E-state index in [4.69, 9.17) is 0 Å². The molecule has 0 amide bonds. The summed E-state index contributed by atoms with van der Waals surface area (Å²) in [5, 5.41) is 13.1. The number of phenols is 1. The second-order valence-electron chi connectivity index (χ2n) is 4.13. The van der Waals surface area contributed by atoms with E-state index in [1.165, 1.54) is 0 Å². The highest BCUT2D eigenvalue weighted by atomic mass is 79.9. The van der Waals surface area contributed by atoms with E-state index in [1.54, 1.807) is 12.3 Å². The van der Waals surface area contributed by atoms with Crippen LogP contribution in [0.2, 0.25) is 0 Å².